The van der Waals surface area contributed by atoms with Crippen LogP contribution in [0.3, 0.4) is 0 Å². The van der Waals surface area contributed by atoms with E-state index in [0.717, 1.165) is 16.3 Å². The second kappa shape index (κ2) is 3.02. The van der Waals surface area contributed by atoms with Crippen molar-refractivity contribution in [3.63, 3.8) is 0 Å². The number of fused-ring (bicyclic) bond motifs is 2. The van der Waals surface area contributed by atoms with Gasteiger partial charge in [0, 0.05) is 10.8 Å². The van der Waals surface area contributed by atoms with Gasteiger partial charge >= 0.3 is 0 Å². The zero-order chi connectivity index (χ0) is 10.3. The van der Waals surface area contributed by atoms with E-state index in [1.54, 1.807) is 6.07 Å². The monoisotopic (exact) mass is 197 g/mol. The lowest BCUT2D eigenvalue weighted by Crippen LogP contribution is -1.85. The van der Waals surface area contributed by atoms with E-state index in [4.69, 9.17) is 0 Å². The lowest BCUT2D eigenvalue weighted by Gasteiger charge is -2.01. The first-order valence-corrected chi connectivity index (χ1v) is 4.78. The van der Waals surface area contributed by atoms with Crippen LogP contribution < -0.4 is 0 Å². The molecule has 0 aliphatic rings. The Morgan fingerprint density at radius 3 is 2.60 bits per heavy atom. The van der Waals surface area contributed by atoms with E-state index in [1.165, 1.54) is 6.07 Å². The van der Waals surface area contributed by atoms with Crippen LogP contribution in [0, 0.1) is 5.82 Å². The van der Waals surface area contributed by atoms with Gasteiger partial charge < -0.3 is 0 Å². The number of para-hydroxylation sites is 2. The summed E-state index contributed by atoms with van der Waals surface area (Å²) >= 11 is 0. The van der Waals surface area contributed by atoms with E-state index in [9.17, 15) is 4.39 Å². The summed E-state index contributed by atoms with van der Waals surface area (Å²) in [6.07, 6.45) is 0. The highest BCUT2D eigenvalue weighted by atomic mass is 19.1. The third-order valence-corrected chi connectivity index (χ3v) is 2.50. The van der Waals surface area contributed by atoms with Gasteiger partial charge in [-0.05, 0) is 18.2 Å². The van der Waals surface area contributed by atoms with Crippen molar-refractivity contribution < 1.29 is 4.39 Å². The Labute approximate surface area is 86.2 Å². The van der Waals surface area contributed by atoms with Gasteiger partial charge in [-0.3, -0.25) is 0 Å². The second-order valence-electron chi connectivity index (χ2n) is 3.49. The minimum atomic E-state index is -0.266. The van der Waals surface area contributed by atoms with Crippen molar-refractivity contribution in [1.29, 1.82) is 0 Å². The highest BCUT2D eigenvalue weighted by Gasteiger charge is 2.02. The fraction of sp³-hybridized carbons (Fsp3) is 0. The Morgan fingerprint density at radius 2 is 1.67 bits per heavy atom. The number of halogens is 1. The molecule has 0 N–H and O–H groups in total. The van der Waals surface area contributed by atoms with Gasteiger partial charge in [-0.2, -0.15) is 0 Å². The molecule has 15 heavy (non-hydrogen) atoms. The molecule has 0 saturated carbocycles. The molecule has 0 fully saturated rings. The van der Waals surface area contributed by atoms with Gasteiger partial charge in [0.1, 0.15) is 11.3 Å². The van der Waals surface area contributed by atoms with Crippen molar-refractivity contribution in [2.45, 2.75) is 0 Å². The molecular formula is C13H8FN. The topological polar surface area (TPSA) is 12.9 Å². The van der Waals surface area contributed by atoms with E-state index in [2.05, 4.69) is 4.98 Å². The van der Waals surface area contributed by atoms with Gasteiger partial charge in [0.2, 0.25) is 0 Å². The Bertz CT molecular complexity index is 646. The molecule has 1 nitrogen and oxygen atoms in total. The molecular weight excluding hydrogens is 189 g/mol. The van der Waals surface area contributed by atoms with Crippen LogP contribution in [0.5, 0.6) is 0 Å². The molecule has 0 radical (unpaired) electrons. The first kappa shape index (κ1) is 8.36. The van der Waals surface area contributed by atoms with E-state index in [0.29, 0.717) is 5.52 Å². The molecule has 0 atom stereocenters. The van der Waals surface area contributed by atoms with E-state index < -0.39 is 0 Å². The maximum Gasteiger partial charge on any atom is 0.149 e. The highest BCUT2D eigenvalue weighted by Crippen LogP contribution is 2.20. The molecule has 0 aliphatic heterocycles. The van der Waals surface area contributed by atoms with Gasteiger partial charge in [0.25, 0.3) is 0 Å². The number of hydrogen-bond acceptors (Lipinski definition) is 1. The molecule has 0 spiro atoms. The van der Waals surface area contributed by atoms with Gasteiger partial charge in [-0.15, -0.1) is 0 Å². The average Bonchev–Trinajstić information content (AvgIpc) is 2.27. The lowest BCUT2D eigenvalue weighted by atomic mass is 10.1. The standard InChI is InChI=1S/C13H8FN/c14-11-6-3-5-10-8-9-4-1-2-7-12(9)15-13(10)11/h1-8H. The summed E-state index contributed by atoms with van der Waals surface area (Å²) in [5, 5.41) is 1.88. The summed E-state index contributed by atoms with van der Waals surface area (Å²) in [5.74, 6) is -0.266. The van der Waals surface area contributed by atoms with E-state index in [-0.39, 0.29) is 5.82 Å². The predicted molar refractivity (Wildman–Crippen MR) is 59.2 cm³/mol. The quantitative estimate of drug-likeness (QED) is 0.502. The predicted octanol–water partition coefficient (Wildman–Crippen LogP) is 3.53. The third-order valence-electron chi connectivity index (χ3n) is 2.50. The van der Waals surface area contributed by atoms with Crippen LogP contribution >= 0.6 is 0 Å². The van der Waals surface area contributed by atoms with Crippen LogP contribution in [0.15, 0.2) is 48.5 Å². The smallest absolute Gasteiger partial charge is 0.149 e. The minimum Gasteiger partial charge on any atom is -0.245 e. The summed E-state index contributed by atoms with van der Waals surface area (Å²) in [6, 6.07) is 14.7. The molecule has 72 valence electrons. The first-order chi connectivity index (χ1) is 7.34. The summed E-state index contributed by atoms with van der Waals surface area (Å²) < 4.78 is 13.5. The van der Waals surface area contributed by atoms with Crippen molar-refractivity contribution in [2.24, 2.45) is 0 Å². The molecule has 0 saturated heterocycles. The fourth-order valence-electron chi connectivity index (χ4n) is 1.77. The van der Waals surface area contributed by atoms with Crippen LogP contribution in [0.25, 0.3) is 21.8 Å². The molecule has 3 rings (SSSR count). The van der Waals surface area contributed by atoms with Crippen molar-refractivity contribution >= 4 is 21.8 Å². The van der Waals surface area contributed by atoms with Crippen molar-refractivity contribution in [3.05, 3.63) is 54.3 Å². The number of benzene rings is 2. The number of aromatic nitrogens is 1. The fourth-order valence-corrected chi connectivity index (χ4v) is 1.77. The summed E-state index contributed by atoms with van der Waals surface area (Å²) in [4.78, 5) is 4.30. The zero-order valence-corrected chi connectivity index (χ0v) is 7.94. The number of rotatable bonds is 0. The first-order valence-electron chi connectivity index (χ1n) is 4.78. The largest absolute Gasteiger partial charge is 0.245 e. The third kappa shape index (κ3) is 1.26. The van der Waals surface area contributed by atoms with Gasteiger partial charge in [-0.25, -0.2) is 9.37 Å². The Hall–Kier alpha value is -1.96. The Balaban J connectivity index is 2.53. The Morgan fingerprint density at radius 1 is 0.867 bits per heavy atom. The van der Waals surface area contributed by atoms with Crippen molar-refractivity contribution in [3.8, 4) is 0 Å². The lowest BCUT2D eigenvalue weighted by molar-refractivity contribution is 0.637. The maximum atomic E-state index is 13.5. The van der Waals surface area contributed by atoms with Crippen molar-refractivity contribution in [1.82, 2.24) is 4.98 Å². The summed E-state index contributed by atoms with van der Waals surface area (Å²) in [6.45, 7) is 0. The van der Waals surface area contributed by atoms with Crippen LogP contribution in [0.2, 0.25) is 0 Å². The molecule has 1 heterocycles. The molecule has 2 aromatic carbocycles. The minimum absolute atomic E-state index is 0.266. The molecule has 0 unspecified atom stereocenters. The molecule has 0 amide bonds. The summed E-state index contributed by atoms with van der Waals surface area (Å²) in [7, 11) is 0. The molecule has 0 bridgehead atoms. The zero-order valence-electron chi connectivity index (χ0n) is 7.94. The number of nitrogens with zero attached hydrogens (tertiary/aromatic N) is 1. The van der Waals surface area contributed by atoms with Gasteiger partial charge in [0.05, 0.1) is 5.52 Å². The molecule has 3 aromatic rings. The van der Waals surface area contributed by atoms with E-state index >= 15 is 0 Å². The Kier molecular flexibility index (Phi) is 1.68. The van der Waals surface area contributed by atoms with E-state index in [1.807, 2.05) is 36.4 Å². The van der Waals surface area contributed by atoms with Crippen LogP contribution in [0.1, 0.15) is 0 Å². The normalized spacial score (nSPS) is 11.0. The average molecular weight is 197 g/mol. The maximum absolute atomic E-state index is 13.5. The van der Waals surface area contributed by atoms with Crippen LogP contribution in [-0.2, 0) is 0 Å². The van der Waals surface area contributed by atoms with Crippen molar-refractivity contribution in [2.75, 3.05) is 0 Å². The van der Waals surface area contributed by atoms with Crippen LogP contribution in [-0.4, -0.2) is 4.98 Å². The number of pyridine rings is 1. The van der Waals surface area contributed by atoms with Gasteiger partial charge in [0.15, 0.2) is 0 Å². The molecule has 0 aliphatic carbocycles. The molecule has 2 heteroatoms. The highest BCUT2D eigenvalue weighted by molar-refractivity contribution is 5.92. The molecule has 1 aromatic heterocycles. The second-order valence-corrected chi connectivity index (χ2v) is 3.49. The SMILES string of the molecule is Fc1cccc2cc3ccccc3nc12. The van der Waals surface area contributed by atoms with Crippen LogP contribution in [0.4, 0.5) is 4.39 Å². The summed E-state index contributed by atoms with van der Waals surface area (Å²) in [5.41, 5.74) is 1.27. The van der Waals surface area contributed by atoms with Gasteiger partial charge in [-0.1, -0.05) is 30.3 Å². The number of hydrogen-bond donors (Lipinski definition) is 0.